The summed E-state index contributed by atoms with van der Waals surface area (Å²) in [6, 6.07) is 8.39. The maximum atomic E-state index is 9.35. The van der Waals surface area contributed by atoms with Crippen molar-refractivity contribution in [3.05, 3.63) is 29.8 Å². The Morgan fingerprint density at radius 2 is 2.10 bits per heavy atom. The summed E-state index contributed by atoms with van der Waals surface area (Å²) in [5.41, 5.74) is 7.41. The molecule has 1 saturated heterocycles. The van der Waals surface area contributed by atoms with Crippen LogP contribution in [-0.2, 0) is 4.74 Å². The third-order valence-electron chi connectivity index (χ3n) is 4.07. The molecule has 0 saturated carbocycles. The van der Waals surface area contributed by atoms with Crippen LogP contribution in [0.5, 0.6) is 5.75 Å². The Labute approximate surface area is 126 Å². The van der Waals surface area contributed by atoms with Crippen molar-refractivity contribution in [3.63, 3.8) is 0 Å². The Hall–Kier alpha value is -1.14. The lowest BCUT2D eigenvalue weighted by Gasteiger charge is -2.44. The molecule has 21 heavy (non-hydrogen) atoms. The Morgan fingerprint density at radius 1 is 1.43 bits per heavy atom. The van der Waals surface area contributed by atoms with E-state index in [0.29, 0.717) is 13.2 Å². The molecule has 0 amide bonds. The van der Waals surface area contributed by atoms with Gasteiger partial charge in [0.1, 0.15) is 5.75 Å². The molecule has 1 aromatic rings. The number of benzene rings is 1. The molecular weight excluding hydrogens is 268 g/mol. The normalized spacial score (nSPS) is 26.3. The zero-order valence-electron chi connectivity index (χ0n) is 13.0. The van der Waals surface area contributed by atoms with Gasteiger partial charge in [-0.3, -0.25) is 4.90 Å². The molecule has 4 atom stereocenters. The predicted octanol–water partition coefficient (Wildman–Crippen LogP) is 1.17. The highest BCUT2D eigenvalue weighted by atomic mass is 16.5. The van der Waals surface area contributed by atoms with Gasteiger partial charge in [-0.25, -0.2) is 0 Å². The minimum atomic E-state index is -0.138. The molecule has 0 spiro atoms. The standard InChI is InChI=1S/C16H26N2O3/c1-11-10-21-15(9-19)8-18(11)16(12(2)17)13-4-6-14(20-3)7-5-13/h4-7,11-12,15-16,19H,8-10,17H2,1-3H3. The highest BCUT2D eigenvalue weighted by Crippen LogP contribution is 2.29. The van der Waals surface area contributed by atoms with Gasteiger partial charge in [0.2, 0.25) is 0 Å². The van der Waals surface area contributed by atoms with Gasteiger partial charge in [0.15, 0.2) is 0 Å². The fraction of sp³-hybridized carbons (Fsp3) is 0.625. The van der Waals surface area contributed by atoms with Crippen LogP contribution >= 0.6 is 0 Å². The van der Waals surface area contributed by atoms with E-state index in [4.69, 9.17) is 15.2 Å². The summed E-state index contributed by atoms with van der Waals surface area (Å²) in [4.78, 5) is 2.33. The number of hydrogen-bond acceptors (Lipinski definition) is 5. The van der Waals surface area contributed by atoms with Crippen LogP contribution in [0.2, 0.25) is 0 Å². The molecule has 2 rings (SSSR count). The molecule has 118 valence electrons. The van der Waals surface area contributed by atoms with Gasteiger partial charge in [0.25, 0.3) is 0 Å². The van der Waals surface area contributed by atoms with Crippen LogP contribution in [-0.4, -0.2) is 55.1 Å². The molecule has 0 bridgehead atoms. The van der Waals surface area contributed by atoms with Crippen molar-refractivity contribution in [2.75, 3.05) is 26.9 Å². The first kappa shape index (κ1) is 16.2. The van der Waals surface area contributed by atoms with Crippen LogP contribution in [0.25, 0.3) is 0 Å². The number of aliphatic hydroxyl groups is 1. The van der Waals surface area contributed by atoms with Crippen LogP contribution in [0, 0.1) is 0 Å². The largest absolute Gasteiger partial charge is 0.497 e. The Balaban J connectivity index is 2.24. The van der Waals surface area contributed by atoms with Gasteiger partial charge in [-0.1, -0.05) is 12.1 Å². The molecule has 1 aliphatic rings. The summed E-state index contributed by atoms with van der Waals surface area (Å²) in [6.45, 7) is 5.50. The second-order valence-corrected chi connectivity index (χ2v) is 5.76. The average molecular weight is 294 g/mol. The topological polar surface area (TPSA) is 68.0 Å². The molecule has 1 heterocycles. The Kier molecular flexibility index (Phi) is 5.58. The van der Waals surface area contributed by atoms with Gasteiger partial charge < -0.3 is 20.3 Å². The minimum absolute atomic E-state index is 0.0155. The van der Waals surface area contributed by atoms with Crippen molar-refractivity contribution in [2.24, 2.45) is 5.73 Å². The molecule has 3 N–H and O–H groups in total. The maximum Gasteiger partial charge on any atom is 0.118 e. The van der Waals surface area contributed by atoms with E-state index >= 15 is 0 Å². The summed E-state index contributed by atoms with van der Waals surface area (Å²) in [6.07, 6.45) is -0.138. The monoisotopic (exact) mass is 294 g/mol. The quantitative estimate of drug-likeness (QED) is 0.853. The first-order valence-corrected chi connectivity index (χ1v) is 7.44. The van der Waals surface area contributed by atoms with E-state index in [1.54, 1.807) is 7.11 Å². The molecule has 0 radical (unpaired) electrons. The molecule has 5 nitrogen and oxygen atoms in total. The molecule has 1 aliphatic heterocycles. The van der Waals surface area contributed by atoms with Gasteiger partial charge in [-0.15, -0.1) is 0 Å². The first-order chi connectivity index (χ1) is 10.1. The number of nitrogens with zero attached hydrogens (tertiary/aromatic N) is 1. The number of ether oxygens (including phenoxy) is 2. The number of methoxy groups -OCH3 is 1. The van der Waals surface area contributed by atoms with Crippen LogP contribution in [0.3, 0.4) is 0 Å². The molecular formula is C16H26N2O3. The van der Waals surface area contributed by atoms with E-state index in [1.165, 1.54) is 0 Å². The number of aliphatic hydroxyl groups excluding tert-OH is 1. The lowest BCUT2D eigenvalue weighted by atomic mass is 9.96. The van der Waals surface area contributed by atoms with E-state index in [0.717, 1.165) is 11.3 Å². The molecule has 4 unspecified atom stereocenters. The smallest absolute Gasteiger partial charge is 0.118 e. The highest BCUT2D eigenvalue weighted by Gasteiger charge is 2.33. The number of morpholine rings is 1. The average Bonchev–Trinajstić information content (AvgIpc) is 2.50. The van der Waals surface area contributed by atoms with Crippen LogP contribution in [0.4, 0.5) is 0 Å². The van der Waals surface area contributed by atoms with Crippen molar-refractivity contribution in [2.45, 2.75) is 38.1 Å². The summed E-state index contributed by atoms with van der Waals surface area (Å²) in [5.74, 6) is 0.838. The second kappa shape index (κ2) is 7.22. The van der Waals surface area contributed by atoms with Crippen LogP contribution in [0.1, 0.15) is 25.5 Å². The fourth-order valence-electron chi connectivity index (χ4n) is 2.94. The first-order valence-electron chi connectivity index (χ1n) is 7.44. The number of rotatable bonds is 5. The van der Waals surface area contributed by atoms with Crippen molar-refractivity contribution in [1.82, 2.24) is 4.90 Å². The summed E-state index contributed by atoms with van der Waals surface area (Å²) in [5, 5.41) is 9.35. The van der Waals surface area contributed by atoms with E-state index in [1.807, 2.05) is 19.1 Å². The lowest BCUT2D eigenvalue weighted by molar-refractivity contribution is -0.0941. The summed E-state index contributed by atoms with van der Waals surface area (Å²) >= 11 is 0. The third-order valence-corrected chi connectivity index (χ3v) is 4.07. The SMILES string of the molecule is COc1ccc(C(C(C)N)N2CC(CO)OCC2C)cc1. The van der Waals surface area contributed by atoms with Gasteiger partial charge in [0, 0.05) is 18.6 Å². The van der Waals surface area contributed by atoms with Crippen molar-refractivity contribution in [3.8, 4) is 5.75 Å². The van der Waals surface area contributed by atoms with Crippen LogP contribution in [0.15, 0.2) is 24.3 Å². The van der Waals surface area contributed by atoms with Crippen molar-refractivity contribution < 1.29 is 14.6 Å². The molecule has 1 aromatic carbocycles. The van der Waals surface area contributed by atoms with Gasteiger partial charge in [-0.05, 0) is 31.5 Å². The summed E-state index contributed by atoms with van der Waals surface area (Å²) in [7, 11) is 1.66. The number of nitrogens with two attached hydrogens (primary N) is 1. The predicted molar refractivity (Wildman–Crippen MR) is 82.4 cm³/mol. The van der Waals surface area contributed by atoms with Crippen molar-refractivity contribution >= 4 is 0 Å². The van der Waals surface area contributed by atoms with Gasteiger partial charge >= 0.3 is 0 Å². The lowest BCUT2D eigenvalue weighted by Crippen LogP contribution is -2.54. The number of hydrogen-bond donors (Lipinski definition) is 2. The van der Waals surface area contributed by atoms with Crippen molar-refractivity contribution in [1.29, 1.82) is 0 Å². The van der Waals surface area contributed by atoms with Gasteiger partial charge in [-0.2, -0.15) is 0 Å². The maximum absolute atomic E-state index is 9.35. The third kappa shape index (κ3) is 3.74. The Bertz CT molecular complexity index is 436. The van der Waals surface area contributed by atoms with E-state index in [9.17, 15) is 5.11 Å². The van der Waals surface area contributed by atoms with E-state index < -0.39 is 0 Å². The zero-order valence-corrected chi connectivity index (χ0v) is 13.0. The molecule has 1 fully saturated rings. The zero-order chi connectivity index (χ0) is 15.4. The Morgan fingerprint density at radius 3 is 2.62 bits per heavy atom. The van der Waals surface area contributed by atoms with Crippen LogP contribution < -0.4 is 10.5 Å². The minimum Gasteiger partial charge on any atom is -0.497 e. The molecule has 5 heteroatoms. The summed E-state index contributed by atoms with van der Waals surface area (Å²) < 4.78 is 10.8. The van der Waals surface area contributed by atoms with E-state index in [2.05, 4.69) is 24.0 Å². The molecule has 0 aromatic heterocycles. The fourth-order valence-corrected chi connectivity index (χ4v) is 2.94. The van der Waals surface area contributed by atoms with Gasteiger partial charge in [0.05, 0.1) is 32.5 Å². The van der Waals surface area contributed by atoms with E-state index in [-0.39, 0.29) is 30.8 Å². The highest BCUT2D eigenvalue weighted by molar-refractivity contribution is 5.30. The molecule has 0 aliphatic carbocycles. The second-order valence-electron chi connectivity index (χ2n) is 5.76.